The smallest absolute Gasteiger partial charge is 0.306 e. The van der Waals surface area contributed by atoms with Crippen LogP contribution in [-0.2, 0) is 4.79 Å². The van der Waals surface area contributed by atoms with Gasteiger partial charge >= 0.3 is 5.97 Å². The van der Waals surface area contributed by atoms with E-state index in [2.05, 4.69) is 12.6 Å². The number of carboxylic acid groups (broad SMARTS) is 1. The van der Waals surface area contributed by atoms with Crippen LogP contribution in [0.1, 0.15) is 19.3 Å². The molecule has 1 fully saturated rings. The zero-order chi connectivity index (χ0) is 8.43. The molecule has 1 saturated carbocycles. The van der Waals surface area contributed by atoms with Gasteiger partial charge in [-0.1, -0.05) is 0 Å². The molecule has 0 amide bonds. The normalized spacial score (nSPS) is 38.5. The summed E-state index contributed by atoms with van der Waals surface area (Å²) in [6.07, 6.45) is 2.11. The van der Waals surface area contributed by atoms with Crippen LogP contribution in [0.25, 0.3) is 0 Å². The monoisotopic (exact) mass is 175 g/mol. The molecule has 0 saturated heterocycles. The van der Waals surface area contributed by atoms with E-state index in [1.54, 1.807) is 0 Å². The lowest BCUT2D eigenvalue weighted by atomic mass is 9.86. The highest BCUT2D eigenvalue weighted by atomic mass is 32.1. The zero-order valence-electron chi connectivity index (χ0n) is 6.23. The second-order valence-electron chi connectivity index (χ2n) is 3.08. The zero-order valence-corrected chi connectivity index (χ0v) is 7.13. The summed E-state index contributed by atoms with van der Waals surface area (Å²) in [5, 5.41) is 8.85. The minimum Gasteiger partial charge on any atom is -0.481 e. The Labute approximate surface area is 71.4 Å². The number of rotatable bonds is 1. The summed E-state index contributed by atoms with van der Waals surface area (Å²) in [7, 11) is 0. The molecule has 1 rings (SSSR count). The Morgan fingerprint density at radius 2 is 2.18 bits per heavy atom. The fourth-order valence-corrected chi connectivity index (χ4v) is 1.68. The Morgan fingerprint density at radius 3 is 2.64 bits per heavy atom. The van der Waals surface area contributed by atoms with Gasteiger partial charge in [0.05, 0.1) is 5.92 Å². The highest BCUT2D eigenvalue weighted by Crippen LogP contribution is 2.26. The van der Waals surface area contributed by atoms with Crippen LogP contribution >= 0.6 is 12.6 Å². The Bertz CT molecular complexity index is 163. The number of hydrogen-bond donors (Lipinski definition) is 3. The highest BCUT2D eigenvalue weighted by molar-refractivity contribution is 7.81. The van der Waals surface area contributed by atoms with Gasteiger partial charge in [-0.25, -0.2) is 0 Å². The Hall–Kier alpha value is -0.220. The molecule has 0 heterocycles. The molecule has 3 unspecified atom stereocenters. The summed E-state index contributed by atoms with van der Waals surface area (Å²) in [5.41, 5.74) is 5.67. The number of nitrogens with two attached hydrogens (primary N) is 1. The lowest BCUT2D eigenvalue weighted by molar-refractivity contribution is -0.142. The molecule has 3 N–H and O–H groups in total. The van der Waals surface area contributed by atoms with Crippen LogP contribution in [0.5, 0.6) is 0 Å². The second-order valence-corrected chi connectivity index (χ2v) is 3.74. The van der Waals surface area contributed by atoms with Gasteiger partial charge in [-0.15, -0.1) is 0 Å². The third-order valence-electron chi connectivity index (χ3n) is 2.21. The van der Waals surface area contributed by atoms with Crippen LogP contribution in [0.3, 0.4) is 0 Å². The maximum Gasteiger partial charge on any atom is 0.306 e. The molecule has 0 aliphatic heterocycles. The van der Waals surface area contributed by atoms with Crippen LogP contribution < -0.4 is 5.73 Å². The number of thiol groups is 1. The maximum atomic E-state index is 10.5. The predicted molar refractivity (Wildman–Crippen MR) is 45.7 cm³/mol. The van der Waals surface area contributed by atoms with Gasteiger partial charge < -0.3 is 10.8 Å². The molecule has 0 radical (unpaired) electrons. The molecule has 0 bridgehead atoms. The standard InChI is InChI=1S/C7H13NO2S/c8-5-3-4(7(9)10)1-2-6(5)11/h4-6,11H,1-3,8H2,(H,9,10). The van der Waals surface area contributed by atoms with E-state index in [-0.39, 0.29) is 17.2 Å². The predicted octanol–water partition coefficient (Wildman–Crippen LogP) is 0.497. The number of aliphatic carboxylic acids is 1. The third-order valence-corrected chi connectivity index (χ3v) is 2.85. The van der Waals surface area contributed by atoms with Crippen molar-refractivity contribution in [3.05, 3.63) is 0 Å². The minimum absolute atomic E-state index is 0.0480. The van der Waals surface area contributed by atoms with Crippen LogP contribution in [0.15, 0.2) is 0 Å². The van der Waals surface area contributed by atoms with Crippen molar-refractivity contribution >= 4 is 18.6 Å². The molecule has 1 aliphatic carbocycles. The summed E-state index contributed by atoms with van der Waals surface area (Å²) >= 11 is 4.25. The Kier molecular flexibility index (Phi) is 2.78. The lowest BCUT2D eigenvalue weighted by Crippen LogP contribution is -2.39. The second kappa shape index (κ2) is 3.45. The molecule has 1 aliphatic rings. The first-order valence-corrected chi connectivity index (χ1v) is 4.29. The maximum absolute atomic E-state index is 10.5. The van der Waals surface area contributed by atoms with Crippen molar-refractivity contribution in [3.63, 3.8) is 0 Å². The molecule has 3 nitrogen and oxygen atoms in total. The summed E-state index contributed by atoms with van der Waals surface area (Å²) in [6.45, 7) is 0. The van der Waals surface area contributed by atoms with Gasteiger partial charge in [-0.2, -0.15) is 12.6 Å². The van der Waals surface area contributed by atoms with Crippen molar-refractivity contribution < 1.29 is 9.90 Å². The van der Waals surface area contributed by atoms with Crippen molar-refractivity contribution in [1.29, 1.82) is 0 Å². The van der Waals surface area contributed by atoms with Crippen molar-refractivity contribution in [3.8, 4) is 0 Å². The van der Waals surface area contributed by atoms with E-state index in [1.165, 1.54) is 0 Å². The van der Waals surface area contributed by atoms with E-state index in [0.717, 1.165) is 12.8 Å². The van der Waals surface area contributed by atoms with Gasteiger partial charge in [0.1, 0.15) is 0 Å². The lowest BCUT2D eigenvalue weighted by Gasteiger charge is -2.28. The van der Waals surface area contributed by atoms with Crippen LogP contribution in [-0.4, -0.2) is 22.4 Å². The fourth-order valence-electron chi connectivity index (χ4n) is 1.41. The van der Waals surface area contributed by atoms with E-state index in [9.17, 15) is 4.79 Å². The highest BCUT2D eigenvalue weighted by Gasteiger charge is 2.29. The van der Waals surface area contributed by atoms with Crippen molar-refractivity contribution in [2.24, 2.45) is 11.7 Å². The minimum atomic E-state index is -0.722. The number of carbonyl (C=O) groups is 1. The topological polar surface area (TPSA) is 63.3 Å². The van der Waals surface area contributed by atoms with E-state index in [1.807, 2.05) is 0 Å². The van der Waals surface area contributed by atoms with Crippen LogP contribution in [0.2, 0.25) is 0 Å². The van der Waals surface area contributed by atoms with Gasteiger partial charge in [0, 0.05) is 11.3 Å². The van der Waals surface area contributed by atoms with Gasteiger partial charge in [-0.05, 0) is 19.3 Å². The largest absolute Gasteiger partial charge is 0.481 e. The van der Waals surface area contributed by atoms with E-state index in [0.29, 0.717) is 6.42 Å². The SMILES string of the molecule is NC1CC(C(=O)O)CCC1S. The Balaban J connectivity index is 2.46. The summed E-state index contributed by atoms with van der Waals surface area (Å²) in [4.78, 5) is 10.5. The van der Waals surface area contributed by atoms with Gasteiger partial charge in [0.25, 0.3) is 0 Å². The molecular formula is C7H13NO2S. The number of hydrogen-bond acceptors (Lipinski definition) is 3. The van der Waals surface area contributed by atoms with Gasteiger partial charge in [-0.3, -0.25) is 4.79 Å². The summed E-state index contributed by atoms with van der Waals surface area (Å²) in [5.74, 6) is -0.964. The van der Waals surface area contributed by atoms with Crippen LogP contribution in [0.4, 0.5) is 0 Å². The molecule has 0 spiro atoms. The van der Waals surface area contributed by atoms with Crippen molar-refractivity contribution in [2.45, 2.75) is 30.6 Å². The van der Waals surface area contributed by atoms with E-state index >= 15 is 0 Å². The first-order valence-electron chi connectivity index (χ1n) is 3.77. The third kappa shape index (κ3) is 2.10. The molecule has 0 aromatic rings. The average molecular weight is 175 g/mol. The van der Waals surface area contributed by atoms with Crippen LogP contribution in [0, 0.1) is 5.92 Å². The van der Waals surface area contributed by atoms with Gasteiger partial charge in [0.15, 0.2) is 0 Å². The molecular weight excluding hydrogens is 162 g/mol. The summed E-state index contributed by atoms with van der Waals surface area (Å²) in [6, 6.07) is -0.0480. The van der Waals surface area contributed by atoms with E-state index in [4.69, 9.17) is 10.8 Å². The molecule has 3 atom stereocenters. The van der Waals surface area contributed by atoms with E-state index < -0.39 is 5.97 Å². The van der Waals surface area contributed by atoms with Crippen molar-refractivity contribution in [2.75, 3.05) is 0 Å². The molecule has 64 valence electrons. The molecule has 0 aromatic heterocycles. The first kappa shape index (κ1) is 8.87. The fraction of sp³-hybridized carbons (Fsp3) is 0.857. The molecule has 11 heavy (non-hydrogen) atoms. The van der Waals surface area contributed by atoms with Crippen molar-refractivity contribution in [1.82, 2.24) is 0 Å². The Morgan fingerprint density at radius 1 is 1.55 bits per heavy atom. The quantitative estimate of drug-likeness (QED) is 0.508. The molecule has 0 aromatic carbocycles. The van der Waals surface area contributed by atoms with Gasteiger partial charge in [0.2, 0.25) is 0 Å². The molecule has 4 heteroatoms. The first-order chi connectivity index (χ1) is 5.11. The number of carboxylic acids is 1. The summed E-state index contributed by atoms with van der Waals surface area (Å²) < 4.78 is 0. The average Bonchev–Trinajstić information content (AvgIpc) is 1.94.